The Morgan fingerprint density at radius 3 is 2.63 bits per heavy atom. The summed E-state index contributed by atoms with van der Waals surface area (Å²) in [6.07, 6.45) is 4.74. The summed E-state index contributed by atoms with van der Waals surface area (Å²) in [5.74, 6) is 1.06. The molecule has 1 unspecified atom stereocenters. The van der Waals surface area contributed by atoms with Gasteiger partial charge < -0.3 is 14.3 Å². The van der Waals surface area contributed by atoms with Crippen LogP contribution in [0, 0.1) is 0 Å². The zero-order valence-corrected chi connectivity index (χ0v) is 20.8. The van der Waals surface area contributed by atoms with Crippen molar-refractivity contribution in [2.24, 2.45) is 0 Å². The lowest BCUT2D eigenvalue weighted by Crippen LogP contribution is -2.39. The standard InChI is InChI=1S/C23H22Cl2N6O3S/c24-16-4-2-5-17(20(16)25)35(33)15-7-10-23(11-8-15,21-30-31-22(32)34-21)13-14-3-1-6-18(27-14)28-19-9-12-26-29-19/h1-6,9,12,15H,7-8,10-11,13H2,(H,31,32)(H2,26,27,28,29)/t15-,23-,35?. The van der Waals surface area contributed by atoms with Gasteiger partial charge in [0.15, 0.2) is 10.7 Å². The molecule has 3 aromatic heterocycles. The molecule has 0 saturated heterocycles. The van der Waals surface area contributed by atoms with Gasteiger partial charge in [-0.15, -0.1) is 5.10 Å². The predicted octanol–water partition coefficient (Wildman–Crippen LogP) is 4.76. The maximum absolute atomic E-state index is 13.3. The molecule has 3 heterocycles. The lowest BCUT2D eigenvalue weighted by molar-refractivity contribution is 0.228. The highest BCUT2D eigenvalue weighted by atomic mass is 35.5. The summed E-state index contributed by atoms with van der Waals surface area (Å²) >= 11 is 11.1. The summed E-state index contributed by atoms with van der Waals surface area (Å²) in [4.78, 5) is 17.1. The fourth-order valence-corrected chi connectivity index (χ4v) is 6.66. The van der Waals surface area contributed by atoms with Gasteiger partial charge in [0.05, 0.1) is 10.4 Å². The number of aromatic amines is 2. The van der Waals surface area contributed by atoms with Gasteiger partial charge in [-0.05, 0) is 61.1 Å². The second-order valence-electron chi connectivity index (χ2n) is 8.52. The van der Waals surface area contributed by atoms with Crippen molar-refractivity contribution in [2.45, 2.75) is 47.7 Å². The third-order valence-electron chi connectivity index (χ3n) is 6.30. The van der Waals surface area contributed by atoms with Crippen LogP contribution in [0.25, 0.3) is 0 Å². The second kappa shape index (κ2) is 10.1. The Hall–Kier alpha value is -2.79. The topological polar surface area (TPSA) is 136 Å². The third-order valence-corrected chi connectivity index (χ3v) is 9.08. The van der Waals surface area contributed by atoms with Crippen LogP contribution in [0.3, 0.4) is 0 Å². The average Bonchev–Trinajstić information content (AvgIpc) is 3.53. The molecular weight excluding hydrogens is 511 g/mol. The Morgan fingerprint density at radius 1 is 1.11 bits per heavy atom. The van der Waals surface area contributed by atoms with Crippen LogP contribution >= 0.6 is 23.2 Å². The SMILES string of the molecule is O=c1[nH]nc([C@]2(Cc3cccc(Nc4cc[nH]n4)n3)CC[C@@H]([S+]([O-])c3cccc(Cl)c3Cl)CC2)o1. The zero-order valence-electron chi connectivity index (χ0n) is 18.5. The van der Waals surface area contributed by atoms with E-state index in [1.165, 1.54) is 0 Å². The maximum atomic E-state index is 13.3. The molecule has 3 N–H and O–H groups in total. The van der Waals surface area contributed by atoms with Crippen LogP contribution in [-0.4, -0.2) is 35.2 Å². The lowest BCUT2D eigenvalue weighted by atomic mass is 9.70. The number of hydrogen-bond acceptors (Lipinski definition) is 7. The van der Waals surface area contributed by atoms with Crippen LogP contribution in [0.5, 0.6) is 0 Å². The number of hydrogen-bond donors (Lipinski definition) is 3. The molecule has 35 heavy (non-hydrogen) atoms. The van der Waals surface area contributed by atoms with Gasteiger partial charge in [-0.2, -0.15) is 5.10 Å². The van der Waals surface area contributed by atoms with Gasteiger partial charge in [0, 0.05) is 24.4 Å². The van der Waals surface area contributed by atoms with E-state index < -0.39 is 22.3 Å². The van der Waals surface area contributed by atoms with Crippen molar-refractivity contribution < 1.29 is 8.97 Å². The maximum Gasteiger partial charge on any atom is 0.434 e. The van der Waals surface area contributed by atoms with E-state index in [1.54, 1.807) is 24.4 Å². The largest absolute Gasteiger partial charge is 0.611 e. The van der Waals surface area contributed by atoms with Crippen molar-refractivity contribution in [2.75, 3.05) is 5.32 Å². The number of halogens is 2. The number of rotatable bonds is 7. The molecule has 0 amide bonds. The van der Waals surface area contributed by atoms with E-state index in [1.807, 2.05) is 24.3 Å². The Bertz CT molecular complexity index is 1350. The van der Waals surface area contributed by atoms with E-state index in [4.69, 9.17) is 32.6 Å². The van der Waals surface area contributed by atoms with Crippen molar-refractivity contribution in [3.8, 4) is 0 Å². The first-order valence-corrected chi connectivity index (χ1v) is 13.0. The summed E-state index contributed by atoms with van der Waals surface area (Å²) < 4.78 is 18.8. The molecule has 1 fully saturated rings. The van der Waals surface area contributed by atoms with Crippen molar-refractivity contribution in [1.82, 2.24) is 25.4 Å². The van der Waals surface area contributed by atoms with Crippen LogP contribution in [0.2, 0.25) is 10.0 Å². The summed E-state index contributed by atoms with van der Waals surface area (Å²) in [7, 11) is 0. The molecule has 1 atom stereocenters. The second-order valence-corrected chi connectivity index (χ2v) is 11.0. The number of pyridine rings is 1. The van der Waals surface area contributed by atoms with Crippen molar-refractivity contribution >= 4 is 46.0 Å². The van der Waals surface area contributed by atoms with E-state index in [2.05, 4.69) is 25.7 Å². The minimum absolute atomic E-state index is 0.106. The summed E-state index contributed by atoms with van der Waals surface area (Å²) in [6, 6.07) is 12.7. The van der Waals surface area contributed by atoms with Gasteiger partial charge in [0.1, 0.15) is 16.1 Å². The number of nitrogens with one attached hydrogen (secondary N) is 3. The van der Waals surface area contributed by atoms with Crippen LogP contribution in [-0.2, 0) is 23.0 Å². The first-order valence-electron chi connectivity index (χ1n) is 11.1. The Morgan fingerprint density at radius 2 is 1.91 bits per heavy atom. The summed E-state index contributed by atoms with van der Waals surface area (Å²) in [5, 5.41) is 17.2. The number of benzene rings is 1. The fourth-order valence-electron chi connectivity index (χ4n) is 4.56. The molecule has 4 aromatic rings. The third kappa shape index (κ3) is 5.11. The quantitative estimate of drug-likeness (QED) is 0.292. The van der Waals surface area contributed by atoms with Gasteiger partial charge >= 0.3 is 5.76 Å². The van der Waals surface area contributed by atoms with Crippen molar-refractivity contribution in [1.29, 1.82) is 0 Å². The minimum Gasteiger partial charge on any atom is -0.611 e. The first kappa shape index (κ1) is 23.9. The van der Waals surface area contributed by atoms with Gasteiger partial charge in [-0.25, -0.2) is 14.9 Å². The Balaban J connectivity index is 1.38. The number of aromatic nitrogens is 5. The molecule has 1 saturated carbocycles. The van der Waals surface area contributed by atoms with Crippen molar-refractivity contribution in [3.05, 3.63) is 80.8 Å². The molecule has 9 nitrogen and oxygen atoms in total. The summed E-state index contributed by atoms with van der Waals surface area (Å²) in [6.45, 7) is 0. The van der Waals surface area contributed by atoms with Crippen molar-refractivity contribution in [3.63, 3.8) is 0 Å². The molecule has 0 bridgehead atoms. The molecule has 0 radical (unpaired) electrons. The molecule has 1 aliphatic rings. The Kier molecular flexibility index (Phi) is 6.88. The van der Waals surface area contributed by atoms with Gasteiger partial charge in [-0.3, -0.25) is 5.10 Å². The van der Waals surface area contributed by atoms with Crippen LogP contribution in [0.4, 0.5) is 11.6 Å². The molecule has 12 heteroatoms. The van der Waals surface area contributed by atoms with Gasteiger partial charge in [-0.1, -0.05) is 35.3 Å². The number of nitrogens with zero attached hydrogens (tertiary/aromatic N) is 3. The van der Waals surface area contributed by atoms with Crippen LogP contribution in [0.1, 0.15) is 37.3 Å². The highest BCUT2D eigenvalue weighted by molar-refractivity contribution is 7.92. The molecule has 0 aliphatic heterocycles. The average molecular weight is 533 g/mol. The Labute approximate surface area is 213 Å². The lowest BCUT2D eigenvalue weighted by Gasteiger charge is -2.37. The number of H-pyrrole nitrogens is 2. The van der Waals surface area contributed by atoms with E-state index in [0.29, 0.717) is 64.6 Å². The molecule has 0 spiro atoms. The normalized spacial score (nSPS) is 21.1. The van der Waals surface area contributed by atoms with E-state index >= 15 is 0 Å². The van der Waals surface area contributed by atoms with Crippen LogP contribution in [0.15, 0.2) is 62.8 Å². The monoisotopic (exact) mass is 532 g/mol. The minimum atomic E-state index is -1.32. The molecule has 182 valence electrons. The van der Waals surface area contributed by atoms with E-state index in [-0.39, 0.29) is 5.25 Å². The molecular formula is C23H22Cl2N6O3S. The van der Waals surface area contributed by atoms with E-state index in [0.717, 1.165) is 5.69 Å². The molecule has 1 aliphatic carbocycles. The predicted molar refractivity (Wildman–Crippen MR) is 134 cm³/mol. The molecule has 1 aromatic carbocycles. The number of anilines is 2. The summed E-state index contributed by atoms with van der Waals surface area (Å²) in [5.41, 5.74) is 0.254. The van der Waals surface area contributed by atoms with E-state index in [9.17, 15) is 9.35 Å². The van der Waals surface area contributed by atoms with Gasteiger partial charge in [0.2, 0.25) is 5.89 Å². The highest BCUT2D eigenvalue weighted by Crippen LogP contribution is 2.44. The smallest absolute Gasteiger partial charge is 0.434 e. The van der Waals surface area contributed by atoms with Crippen LogP contribution < -0.4 is 11.1 Å². The first-order chi connectivity index (χ1) is 16.9. The molecule has 5 rings (SSSR count). The zero-order chi connectivity index (χ0) is 24.4. The van der Waals surface area contributed by atoms with Gasteiger partial charge in [0.25, 0.3) is 0 Å². The highest BCUT2D eigenvalue weighted by Gasteiger charge is 2.45. The fraction of sp³-hybridized carbons (Fsp3) is 0.304.